The zero-order valence-corrected chi connectivity index (χ0v) is 17.1. The van der Waals surface area contributed by atoms with Crippen LogP contribution in [-0.2, 0) is 11.3 Å². The lowest BCUT2D eigenvalue weighted by Crippen LogP contribution is -2.41. The first-order valence-corrected chi connectivity index (χ1v) is 9.99. The van der Waals surface area contributed by atoms with E-state index in [1.54, 1.807) is 24.0 Å². The quantitative estimate of drug-likeness (QED) is 0.565. The average Bonchev–Trinajstić information content (AvgIpc) is 3.46. The summed E-state index contributed by atoms with van der Waals surface area (Å²) in [7, 11) is 0. The van der Waals surface area contributed by atoms with Gasteiger partial charge in [0.2, 0.25) is 11.8 Å². The van der Waals surface area contributed by atoms with E-state index < -0.39 is 6.10 Å². The van der Waals surface area contributed by atoms with E-state index >= 15 is 0 Å². The van der Waals surface area contributed by atoms with Crippen molar-refractivity contribution in [1.82, 2.24) is 15.1 Å². The smallest absolute Gasteiger partial charge is 0.264 e. The molecule has 0 saturated heterocycles. The van der Waals surface area contributed by atoms with Gasteiger partial charge in [-0.2, -0.15) is 0 Å². The Kier molecular flexibility index (Phi) is 5.53. The second-order valence-corrected chi connectivity index (χ2v) is 7.71. The molecule has 1 unspecified atom stereocenters. The highest BCUT2D eigenvalue weighted by Gasteiger charge is 2.36. The number of hydrogen-bond acceptors (Lipinski definition) is 5. The van der Waals surface area contributed by atoms with Crippen molar-refractivity contribution in [2.45, 2.75) is 45.4 Å². The van der Waals surface area contributed by atoms with Crippen LogP contribution in [0.25, 0.3) is 11.5 Å². The fourth-order valence-corrected chi connectivity index (χ4v) is 3.18. The van der Waals surface area contributed by atoms with Crippen LogP contribution >= 0.6 is 11.6 Å². The van der Waals surface area contributed by atoms with Crippen LogP contribution in [0.2, 0.25) is 5.02 Å². The van der Waals surface area contributed by atoms with Gasteiger partial charge in [0.05, 0.1) is 6.54 Å². The van der Waals surface area contributed by atoms with Gasteiger partial charge in [-0.05, 0) is 63.1 Å². The van der Waals surface area contributed by atoms with Gasteiger partial charge in [0.1, 0.15) is 5.75 Å². The molecule has 0 radical (unpaired) electrons. The van der Waals surface area contributed by atoms with Crippen molar-refractivity contribution in [3.63, 3.8) is 0 Å². The number of halogens is 1. The Bertz CT molecular complexity index is 981. The van der Waals surface area contributed by atoms with Crippen molar-refractivity contribution in [2.24, 2.45) is 0 Å². The van der Waals surface area contributed by atoms with Crippen LogP contribution in [0.3, 0.4) is 0 Å². The Balaban J connectivity index is 1.44. The summed E-state index contributed by atoms with van der Waals surface area (Å²) in [6.45, 7) is 4.05. The van der Waals surface area contributed by atoms with Gasteiger partial charge >= 0.3 is 0 Å². The second-order valence-electron chi connectivity index (χ2n) is 7.28. The van der Waals surface area contributed by atoms with E-state index in [-0.39, 0.29) is 18.5 Å². The third kappa shape index (κ3) is 4.77. The molecule has 1 aliphatic carbocycles. The number of amides is 1. The van der Waals surface area contributed by atoms with Crippen molar-refractivity contribution in [2.75, 3.05) is 0 Å². The maximum atomic E-state index is 13.0. The number of aryl methyl sites for hydroxylation is 1. The average molecular weight is 412 g/mol. The summed E-state index contributed by atoms with van der Waals surface area (Å²) in [6.07, 6.45) is 1.35. The summed E-state index contributed by atoms with van der Waals surface area (Å²) >= 11 is 5.92. The molecule has 0 bridgehead atoms. The van der Waals surface area contributed by atoms with Crippen LogP contribution in [0.1, 0.15) is 31.2 Å². The van der Waals surface area contributed by atoms with E-state index in [9.17, 15) is 4.79 Å². The lowest BCUT2D eigenvalue weighted by atomic mass is 10.2. The second kappa shape index (κ2) is 8.25. The van der Waals surface area contributed by atoms with Gasteiger partial charge in [0.15, 0.2) is 6.10 Å². The Labute approximate surface area is 174 Å². The van der Waals surface area contributed by atoms with Crippen molar-refractivity contribution in [3.8, 4) is 17.2 Å². The first-order valence-electron chi connectivity index (χ1n) is 9.62. The van der Waals surface area contributed by atoms with Gasteiger partial charge in [0.25, 0.3) is 5.91 Å². The summed E-state index contributed by atoms with van der Waals surface area (Å²) in [5.41, 5.74) is 1.93. The molecule has 1 amide bonds. The molecule has 0 aliphatic heterocycles. The third-order valence-corrected chi connectivity index (χ3v) is 5.07. The topological polar surface area (TPSA) is 68.5 Å². The van der Waals surface area contributed by atoms with Crippen LogP contribution in [0, 0.1) is 6.92 Å². The Morgan fingerprint density at radius 1 is 1.17 bits per heavy atom. The lowest BCUT2D eigenvalue weighted by Gasteiger charge is -2.24. The van der Waals surface area contributed by atoms with E-state index in [1.807, 2.05) is 43.3 Å². The number of hydrogen-bond donors (Lipinski definition) is 0. The van der Waals surface area contributed by atoms with Crippen molar-refractivity contribution in [3.05, 3.63) is 65.0 Å². The molecule has 1 heterocycles. The minimum absolute atomic E-state index is 0.0840. The summed E-state index contributed by atoms with van der Waals surface area (Å²) in [6, 6.07) is 15.0. The molecule has 4 rings (SSSR count). The van der Waals surface area contributed by atoms with Crippen LogP contribution in [-0.4, -0.2) is 33.2 Å². The molecule has 1 atom stereocenters. The molecule has 150 valence electrons. The molecule has 3 aromatic rings. The number of benzene rings is 2. The van der Waals surface area contributed by atoms with Gasteiger partial charge in [0, 0.05) is 16.6 Å². The molecular formula is C22H22ClN3O3. The van der Waals surface area contributed by atoms with Crippen molar-refractivity contribution in [1.29, 1.82) is 0 Å². The number of ether oxygens (including phenoxy) is 1. The molecule has 0 spiro atoms. The highest BCUT2D eigenvalue weighted by molar-refractivity contribution is 6.30. The molecule has 29 heavy (non-hydrogen) atoms. The predicted molar refractivity (Wildman–Crippen MR) is 110 cm³/mol. The summed E-state index contributed by atoms with van der Waals surface area (Å²) in [5.74, 6) is 1.40. The first-order chi connectivity index (χ1) is 14.0. The largest absolute Gasteiger partial charge is 0.481 e. The van der Waals surface area contributed by atoms with Crippen LogP contribution in [0.5, 0.6) is 5.75 Å². The van der Waals surface area contributed by atoms with Crippen LogP contribution in [0.15, 0.2) is 52.9 Å². The molecule has 1 aromatic heterocycles. The van der Waals surface area contributed by atoms with Gasteiger partial charge in [-0.15, -0.1) is 10.2 Å². The fourth-order valence-electron chi connectivity index (χ4n) is 3.05. The van der Waals surface area contributed by atoms with E-state index in [0.717, 1.165) is 24.0 Å². The maximum absolute atomic E-state index is 13.0. The lowest BCUT2D eigenvalue weighted by molar-refractivity contribution is -0.139. The molecule has 7 heteroatoms. The highest BCUT2D eigenvalue weighted by Crippen LogP contribution is 2.30. The Morgan fingerprint density at radius 2 is 1.86 bits per heavy atom. The fraction of sp³-hybridized carbons (Fsp3) is 0.318. The van der Waals surface area contributed by atoms with Gasteiger partial charge in [-0.25, -0.2) is 0 Å². The molecule has 1 aliphatic rings. The minimum Gasteiger partial charge on any atom is -0.481 e. The minimum atomic E-state index is -0.600. The predicted octanol–water partition coefficient (Wildman–Crippen LogP) is 4.66. The first kappa shape index (κ1) is 19.5. The number of carbonyl (C=O) groups is 1. The summed E-state index contributed by atoms with van der Waals surface area (Å²) < 4.78 is 11.6. The van der Waals surface area contributed by atoms with Gasteiger partial charge in [-0.3, -0.25) is 4.79 Å². The molecular weight excluding hydrogens is 390 g/mol. The number of rotatable bonds is 7. The summed E-state index contributed by atoms with van der Waals surface area (Å²) in [5, 5.41) is 8.86. The van der Waals surface area contributed by atoms with Crippen molar-refractivity contribution >= 4 is 17.5 Å². The number of nitrogens with zero attached hydrogens (tertiary/aromatic N) is 3. The van der Waals surface area contributed by atoms with Gasteiger partial charge in [-0.1, -0.05) is 29.3 Å². The third-order valence-electron chi connectivity index (χ3n) is 4.82. The number of aromatic nitrogens is 2. The molecule has 1 fully saturated rings. The van der Waals surface area contributed by atoms with E-state index in [1.165, 1.54) is 0 Å². The Morgan fingerprint density at radius 3 is 2.52 bits per heavy atom. The molecule has 0 N–H and O–H groups in total. The molecule has 6 nitrogen and oxygen atoms in total. The highest BCUT2D eigenvalue weighted by atomic mass is 35.5. The number of carbonyl (C=O) groups excluding carboxylic acids is 1. The zero-order valence-electron chi connectivity index (χ0n) is 16.3. The van der Waals surface area contributed by atoms with Crippen molar-refractivity contribution < 1.29 is 13.9 Å². The monoisotopic (exact) mass is 411 g/mol. The molecule has 1 saturated carbocycles. The van der Waals surface area contributed by atoms with Crippen LogP contribution < -0.4 is 4.74 Å². The van der Waals surface area contributed by atoms with E-state index in [4.69, 9.17) is 20.8 Å². The van der Waals surface area contributed by atoms with E-state index in [0.29, 0.717) is 22.6 Å². The van der Waals surface area contributed by atoms with E-state index in [2.05, 4.69) is 10.2 Å². The molecule has 2 aromatic carbocycles. The Hall–Kier alpha value is -2.86. The zero-order chi connectivity index (χ0) is 20.4. The van der Waals surface area contributed by atoms with Crippen LogP contribution in [0.4, 0.5) is 0 Å². The normalized spacial score (nSPS) is 14.4. The van der Waals surface area contributed by atoms with Gasteiger partial charge < -0.3 is 14.1 Å². The summed E-state index contributed by atoms with van der Waals surface area (Å²) in [4.78, 5) is 14.8. The SMILES string of the molecule is Cc1ccc(OC(C)C(=O)N(Cc2nnc(-c3ccc(Cl)cc3)o2)C2CC2)cc1. The maximum Gasteiger partial charge on any atom is 0.264 e. The standard InChI is InChI=1S/C22H22ClN3O3/c1-14-3-11-19(12-4-14)28-15(2)22(27)26(18-9-10-18)13-20-24-25-21(29-20)16-5-7-17(23)8-6-16/h3-8,11-12,15,18H,9-10,13H2,1-2H3.